The van der Waals surface area contributed by atoms with Gasteiger partial charge in [-0.1, -0.05) is 20.1 Å². The molecule has 0 radical (unpaired) electrons. The van der Waals surface area contributed by atoms with Crippen LogP contribution in [0.3, 0.4) is 0 Å². The summed E-state index contributed by atoms with van der Waals surface area (Å²) < 4.78 is 36.6. The summed E-state index contributed by atoms with van der Waals surface area (Å²) in [5, 5.41) is 0. The van der Waals surface area contributed by atoms with Gasteiger partial charge in [-0.3, -0.25) is 0 Å². The monoisotopic (exact) mass is 300 g/mol. The van der Waals surface area contributed by atoms with E-state index in [9.17, 15) is 13.6 Å². The van der Waals surface area contributed by atoms with Gasteiger partial charge >= 0.3 is 5.97 Å². The number of halogens is 2. The van der Waals surface area contributed by atoms with Crippen molar-refractivity contribution in [3.05, 3.63) is 36.1 Å². The number of alkyl halides is 2. The lowest BCUT2D eigenvalue weighted by atomic mass is 9.89. The molecular weight excluding hydrogens is 278 g/mol. The number of cyclic esters (lactones) is 1. The summed E-state index contributed by atoms with van der Waals surface area (Å²) in [6.45, 7) is 13.3. The molecule has 0 aromatic carbocycles. The quantitative estimate of drug-likeness (QED) is 0.684. The molecule has 5 heteroatoms. The highest BCUT2D eigenvalue weighted by molar-refractivity contribution is 5.95. The first-order chi connectivity index (χ1) is 9.47. The van der Waals surface area contributed by atoms with Gasteiger partial charge in [0.2, 0.25) is 11.7 Å². The smallest absolute Gasteiger partial charge is 0.345 e. The fraction of sp³-hybridized carbons (Fsp3) is 0.562. The number of esters is 1. The molecule has 1 heterocycles. The Balaban J connectivity index is 2.96. The van der Waals surface area contributed by atoms with Gasteiger partial charge in [-0.05, 0) is 30.9 Å². The van der Waals surface area contributed by atoms with Crippen LogP contribution < -0.4 is 0 Å². The zero-order valence-corrected chi connectivity index (χ0v) is 13.0. The molecule has 0 bridgehead atoms. The molecule has 0 N–H and O–H groups in total. The lowest BCUT2D eigenvalue weighted by molar-refractivity contribution is -0.205. The minimum Gasteiger partial charge on any atom is -0.452 e. The van der Waals surface area contributed by atoms with Crippen LogP contribution in [0.1, 0.15) is 40.5 Å². The molecule has 0 fully saturated rings. The third-order valence-electron chi connectivity index (χ3n) is 3.26. The maximum absolute atomic E-state index is 12.9. The predicted octanol–water partition coefficient (Wildman–Crippen LogP) is 4.36. The van der Waals surface area contributed by atoms with E-state index < -0.39 is 17.7 Å². The average molecular weight is 300 g/mol. The summed E-state index contributed by atoms with van der Waals surface area (Å²) in [5.41, 5.74) is 0.603. The molecular formula is C16H22F2O3. The Hall–Kier alpha value is -1.65. The SMILES string of the molecule is C=CC1=C(C(=C)C(C)CCC(C)(F)F)C(=O)OC(C)(C)O1. The normalized spacial score (nSPS) is 19.6. The lowest BCUT2D eigenvalue weighted by Crippen LogP contribution is -2.37. The molecule has 0 saturated heterocycles. The summed E-state index contributed by atoms with van der Waals surface area (Å²) in [6.07, 6.45) is 1.35. The van der Waals surface area contributed by atoms with Gasteiger partial charge < -0.3 is 9.47 Å². The Bertz CT molecular complexity index is 484. The number of allylic oxidation sites excluding steroid dienone is 1. The Morgan fingerprint density at radius 3 is 2.48 bits per heavy atom. The van der Waals surface area contributed by atoms with Gasteiger partial charge in [0.1, 0.15) is 11.3 Å². The average Bonchev–Trinajstić information content (AvgIpc) is 2.32. The summed E-state index contributed by atoms with van der Waals surface area (Å²) in [5.74, 6) is -4.41. The molecule has 0 spiro atoms. The Labute approximate surface area is 124 Å². The van der Waals surface area contributed by atoms with Crippen molar-refractivity contribution in [2.75, 3.05) is 0 Å². The zero-order valence-electron chi connectivity index (χ0n) is 13.0. The van der Waals surface area contributed by atoms with Crippen molar-refractivity contribution < 1.29 is 23.0 Å². The first-order valence-corrected chi connectivity index (χ1v) is 6.83. The predicted molar refractivity (Wildman–Crippen MR) is 76.6 cm³/mol. The first-order valence-electron chi connectivity index (χ1n) is 6.83. The van der Waals surface area contributed by atoms with Crippen LogP contribution in [0, 0.1) is 5.92 Å². The molecule has 0 aromatic rings. The largest absolute Gasteiger partial charge is 0.452 e. The molecule has 1 atom stereocenters. The summed E-state index contributed by atoms with van der Waals surface area (Å²) in [4.78, 5) is 12.1. The Morgan fingerprint density at radius 1 is 1.43 bits per heavy atom. The second-order valence-corrected chi connectivity index (χ2v) is 5.87. The third-order valence-corrected chi connectivity index (χ3v) is 3.26. The Morgan fingerprint density at radius 2 is 2.00 bits per heavy atom. The van der Waals surface area contributed by atoms with Crippen LogP contribution in [-0.2, 0) is 14.3 Å². The fourth-order valence-electron chi connectivity index (χ4n) is 2.04. The highest BCUT2D eigenvalue weighted by Gasteiger charge is 2.37. The topological polar surface area (TPSA) is 35.5 Å². The van der Waals surface area contributed by atoms with Crippen LogP contribution in [0.25, 0.3) is 0 Å². The molecule has 0 saturated carbocycles. The van der Waals surface area contributed by atoms with Gasteiger partial charge in [0.15, 0.2) is 0 Å². The van der Waals surface area contributed by atoms with Crippen molar-refractivity contribution in [3.8, 4) is 0 Å². The van der Waals surface area contributed by atoms with E-state index in [4.69, 9.17) is 9.47 Å². The standard InChI is InChI=1S/C16H22F2O3/c1-7-12-13(14(19)21-15(4,5)20-12)11(3)10(2)8-9-16(6,17)18/h7,10H,1,3,8-9H2,2,4-6H3. The van der Waals surface area contributed by atoms with E-state index >= 15 is 0 Å². The van der Waals surface area contributed by atoms with Gasteiger partial charge in [0.25, 0.3) is 0 Å². The highest BCUT2D eigenvalue weighted by Crippen LogP contribution is 2.35. The molecule has 21 heavy (non-hydrogen) atoms. The zero-order chi connectivity index (χ0) is 16.4. The van der Waals surface area contributed by atoms with E-state index in [2.05, 4.69) is 13.2 Å². The van der Waals surface area contributed by atoms with Crippen LogP contribution in [0.4, 0.5) is 8.78 Å². The van der Waals surface area contributed by atoms with E-state index in [0.717, 1.165) is 6.92 Å². The lowest BCUT2D eigenvalue weighted by Gasteiger charge is -2.33. The van der Waals surface area contributed by atoms with E-state index in [1.54, 1.807) is 20.8 Å². The molecule has 1 unspecified atom stereocenters. The molecule has 0 amide bonds. The van der Waals surface area contributed by atoms with E-state index in [1.165, 1.54) is 6.08 Å². The van der Waals surface area contributed by atoms with E-state index in [-0.39, 0.29) is 30.1 Å². The maximum atomic E-state index is 12.9. The molecule has 0 aliphatic carbocycles. The van der Waals surface area contributed by atoms with Gasteiger partial charge in [-0.25, -0.2) is 13.6 Å². The molecule has 0 aromatic heterocycles. The van der Waals surface area contributed by atoms with Crippen LogP contribution in [0.15, 0.2) is 36.1 Å². The van der Waals surface area contributed by atoms with Crippen molar-refractivity contribution in [1.82, 2.24) is 0 Å². The van der Waals surface area contributed by atoms with Crippen molar-refractivity contribution in [2.24, 2.45) is 5.92 Å². The number of carbonyl (C=O) groups is 1. The number of carbonyl (C=O) groups excluding carboxylic acids is 1. The van der Waals surface area contributed by atoms with Gasteiger partial charge in [0.05, 0.1) is 0 Å². The van der Waals surface area contributed by atoms with Gasteiger partial charge in [-0.15, -0.1) is 0 Å². The van der Waals surface area contributed by atoms with Crippen molar-refractivity contribution in [1.29, 1.82) is 0 Å². The molecule has 3 nitrogen and oxygen atoms in total. The molecule has 1 rings (SSSR count). The minimum absolute atomic E-state index is 0.177. The number of hydrogen-bond acceptors (Lipinski definition) is 3. The molecule has 118 valence electrons. The molecule has 1 aliphatic rings. The summed E-state index contributed by atoms with van der Waals surface area (Å²) >= 11 is 0. The summed E-state index contributed by atoms with van der Waals surface area (Å²) in [6, 6.07) is 0. The van der Waals surface area contributed by atoms with Crippen molar-refractivity contribution >= 4 is 5.97 Å². The van der Waals surface area contributed by atoms with E-state index in [0.29, 0.717) is 5.57 Å². The minimum atomic E-state index is -2.74. The van der Waals surface area contributed by atoms with Crippen LogP contribution in [0.5, 0.6) is 0 Å². The number of ether oxygens (including phenoxy) is 2. The van der Waals surface area contributed by atoms with E-state index in [1.807, 2.05) is 0 Å². The van der Waals surface area contributed by atoms with Crippen LogP contribution in [-0.4, -0.2) is 17.7 Å². The van der Waals surface area contributed by atoms with Crippen molar-refractivity contribution in [2.45, 2.75) is 52.2 Å². The number of hydrogen-bond donors (Lipinski definition) is 0. The third kappa shape index (κ3) is 4.69. The fourth-order valence-corrected chi connectivity index (χ4v) is 2.04. The maximum Gasteiger partial charge on any atom is 0.345 e. The summed E-state index contributed by atoms with van der Waals surface area (Å²) in [7, 11) is 0. The highest BCUT2D eigenvalue weighted by atomic mass is 19.3. The van der Waals surface area contributed by atoms with Gasteiger partial charge in [0, 0.05) is 20.3 Å². The van der Waals surface area contributed by atoms with Crippen LogP contribution in [0.2, 0.25) is 0 Å². The van der Waals surface area contributed by atoms with Crippen LogP contribution >= 0.6 is 0 Å². The second-order valence-electron chi connectivity index (χ2n) is 5.87. The second kappa shape index (κ2) is 6.00. The van der Waals surface area contributed by atoms with Crippen molar-refractivity contribution in [3.63, 3.8) is 0 Å². The first kappa shape index (κ1) is 17.4. The number of rotatable bonds is 6. The Kier molecular flexibility index (Phi) is 4.97. The van der Waals surface area contributed by atoms with Gasteiger partial charge in [-0.2, -0.15) is 0 Å². The molecule has 1 aliphatic heterocycles.